The minimum Gasteiger partial charge on any atom is -0.397 e. The molecule has 1 aromatic carbocycles. The lowest BCUT2D eigenvalue weighted by molar-refractivity contribution is 0.142. The van der Waals surface area contributed by atoms with Crippen LogP contribution in [0.15, 0.2) is 12.1 Å². The molecule has 0 aromatic heterocycles. The Morgan fingerprint density at radius 1 is 1.39 bits per heavy atom. The Balaban J connectivity index is 2.08. The Morgan fingerprint density at radius 3 is 2.67 bits per heavy atom. The van der Waals surface area contributed by atoms with Gasteiger partial charge in [0, 0.05) is 18.0 Å². The first-order valence-electron chi connectivity index (χ1n) is 6.16. The van der Waals surface area contributed by atoms with Crippen molar-refractivity contribution in [3.8, 4) is 0 Å². The van der Waals surface area contributed by atoms with E-state index in [0.29, 0.717) is 21.5 Å². The molecule has 0 radical (unpaired) electrons. The van der Waals surface area contributed by atoms with Gasteiger partial charge in [-0.15, -0.1) is 0 Å². The molecule has 1 aliphatic carbocycles. The molecule has 0 unspecified atom stereocenters. The van der Waals surface area contributed by atoms with Crippen molar-refractivity contribution in [3.63, 3.8) is 0 Å². The number of nitrogens with one attached hydrogen (secondary N) is 1. The second-order valence-corrected chi connectivity index (χ2v) is 6.23. The van der Waals surface area contributed by atoms with Gasteiger partial charge in [-0.05, 0) is 41.5 Å². The van der Waals surface area contributed by atoms with E-state index in [4.69, 9.17) is 5.73 Å². The molecule has 4 N–H and O–H groups in total. The molecule has 1 aromatic rings. The van der Waals surface area contributed by atoms with Crippen molar-refractivity contribution in [2.45, 2.75) is 25.7 Å². The van der Waals surface area contributed by atoms with Crippen molar-refractivity contribution in [2.24, 2.45) is 5.41 Å². The van der Waals surface area contributed by atoms with Crippen molar-refractivity contribution >= 4 is 34.0 Å². The van der Waals surface area contributed by atoms with Crippen molar-refractivity contribution in [1.29, 1.82) is 0 Å². The predicted octanol–water partition coefficient (Wildman–Crippen LogP) is 2.98. The third-order valence-corrected chi connectivity index (χ3v) is 4.57. The fourth-order valence-electron chi connectivity index (χ4n) is 2.51. The van der Waals surface area contributed by atoms with Gasteiger partial charge >= 0.3 is 0 Å². The van der Waals surface area contributed by atoms with Crippen LogP contribution in [0.3, 0.4) is 0 Å². The molecular weight excluding hydrogens is 346 g/mol. The van der Waals surface area contributed by atoms with Gasteiger partial charge in [0.1, 0.15) is 5.82 Å². The first kappa shape index (κ1) is 13.9. The van der Waals surface area contributed by atoms with Gasteiger partial charge in [-0.3, -0.25) is 0 Å². The van der Waals surface area contributed by atoms with E-state index < -0.39 is 0 Å². The van der Waals surface area contributed by atoms with Gasteiger partial charge in [0.25, 0.3) is 0 Å². The SMILES string of the molecule is Nc1cc(I)c(F)cc1NCC1(CO)CCCC1. The standard InChI is InChI=1S/C13H18FIN2O/c14-9-5-12(11(16)6-10(9)15)17-7-13(8-18)3-1-2-4-13/h5-6,17-18H,1-4,7-8,16H2. The van der Waals surface area contributed by atoms with Crippen LogP contribution in [0, 0.1) is 14.8 Å². The van der Waals surface area contributed by atoms with E-state index in [-0.39, 0.29) is 17.8 Å². The summed E-state index contributed by atoms with van der Waals surface area (Å²) in [6.45, 7) is 0.820. The largest absolute Gasteiger partial charge is 0.397 e. The van der Waals surface area contributed by atoms with Crippen LogP contribution in [0.2, 0.25) is 0 Å². The number of aliphatic hydroxyl groups excluding tert-OH is 1. The zero-order valence-electron chi connectivity index (χ0n) is 10.2. The highest BCUT2D eigenvalue weighted by molar-refractivity contribution is 14.1. The van der Waals surface area contributed by atoms with Crippen LogP contribution in [-0.4, -0.2) is 18.3 Å². The number of nitrogen functional groups attached to an aromatic ring is 1. The van der Waals surface area contributed by atoms with Crippen LogP contribution in [0.25, 0.3) is 0 Å². The lowest BCUT2D eigenvalue weighted by Gasteiger charge is -2.27. The minimum atomic E-state index is -0.267. The fraction of sp³-hybridized carbons (Fsp3) is 0.538. The molecule has 18 heavy (non-hydrogen) atoms. The highest BCUT2D eigenvalue weighted by atomic mass is 127. The molecule has 0 spiro atoms. The third kappa shape index (κ3) is 2.88. The van der Waals surface area contributed by atoms with Crippen molar-refractivity contribution in [3.05, 3.63) is 21.5 Å². The van der Waals surface area contributed by atoms with Crippen LogP contribution < -0.4 is 11.1 Å². The second kappa shape index (κ2) is 5.61. The van der Waals surface area contributed by atoms with E-state index in [1.807, 2.05) is 22.6 Å². The van der Waals surface area contributed by atoms with Gasteiger partial charge < -0.3 is 16.2 Å². The van der Waals surface area contributed by atoms with Crippen molar-refractivity contribution < 1.29 is 9.50 Å². The Morgan fingerprint density at radius 2 is 2.06 bits per heavy atom. The molecule has 1 saturated carbocycles. The van der Waals surface area contributed by atoms with Crippen LogP contribution in [0.4, 0.5) is 15.8 Å². The van der Waals surface area contributed by atoms with E-state index in [2.05, 4.69) is 5.32 Å². The van der Waals surface area contributed by atoms with Gasteiger partial charge in [-0.1, -0.05) is 12.8 Å². The van der Waals surface area contributed by atoms with Crippen LogP contribution in [0.1, 0.15) is 25.7 Å². The van der Waals surface area contributed by atoms with Gasteiger partial charge in [0.05, 0.1) is 21.6 Å². The van der Waals surface area contributed by atoms with E-state index in [0.717, 1.165) is 25.7 Å². The molecule has 5 heteroatoms. The molecule has 3 nitrogen and oxygen atoms in total. The summed E-state index contributed by atoms with van der Waals surface area (Å²) in [6.07, 6.45) is 4.34. The van der Waals surface area contributed by atoms with Gasteiger partial charge in [-0.2, -0.15) is 0 Å². The van der Waals surface area contributed by atoms with Crippen LogP contribution in [-0.2, 0) is 0 Å². The summed E-state index contributed by atoms with van der Waals surface area (Å²) in [7, 11) is 0. The van der Waals surface area contributed by atoms with Crippen molar-refractivity contribution in [2.75, 3.05) is 24.2 Å². The predicted molar refractivity (Wildman–Crippen MR) is 80.0 cm³/mol. The molecule has 100 valence electrons. The number of halogens is 2. The average Bonchev–Trinajstić information content (AvgIpc) is 2.82. The zero-order chi connectivity index (χ0) is 13.2. The molecular formula is C13H18FIN2O. The number of nitrogens with two attached hydrogens (primary N) is 1. The highest BCUT2D eigenvalue weighted by Gasteiger charge is 2.33. The molecule has 1 fully saturated rings. The third-order valence-electron chi connectivity index (χ3n) is 3.75. The van der Waals surface area contributed by atoms with Crippen molar-refractivity contribution in [1.82, 2.24) is 0 Å². The topological polar surface area (TPSA) is 58.3 Å². The molecule has 0 saturated heterocycles. The summed E-state index contributed by atoms with van der Waals surface area (Å²) in [4.78, 5) is 0. The monoisotopic (exact) mass is 364 g/mol. The molecule has 0 amide bonds. The van der Waals surface area contributed by atoms with Crippen LogP contribution in [0.5, 0.6) is 0 Å². The number of rotatable bonds is 4. The summed E-state index contributed by atoms with van der Waals surface area (Å²) in [5, 5.41) is 12.7. The summed E-state index contributed by atoms with van der Waals surface area (Å²) in [5.41, 5.74) is 6.97. The van der Waals surface area contributed by atoms with Gasteiger partial charge in [-0.25, -0.2) is 4.39 Å². The summed E-state index contributed by atoms with van der Waals surface area (Å²) >= 11 is 1.92. The maximum absolute atomic E-state index is 13.5. The summed E-state index contributed by atoms with van der Waals surface area (Å²) in [6, 6.07) is 3.05. The maximum atomic E-state index is 13.5. The fourth-order valence-corrected chi connectivity index (χ4v) is 3.01. The first-order chi connectivity index (χ1) is 8.56. The molecule has 1 aliphatic rings. The Kier molecular flexibility index (Phi) is 4.32. The molecule has 0 atom stereocenters. The molecule has 0 aliphatic heterocycles. The number of hydrogen-bond donors (Lipinski definition) is 3. The van der Waals surface area contributed by atoms with E-state index in [1.54, 1.807) is 6.07 Å². The van der Waals surface area contributed by atoms with Crippen LogP contribution >= 0.6 is 22.6 Å². The summed E-state index contributed by atoms with van der Waals surface area (Å²) < 4.78 is 14.0. The molecule has 0 bridgehead atoms. The number of aliphatic hydroxyl groups is 1. The quantitative estimate of drug-likeness (QED) is 0.569. The Labute approximate surface area is 120 Å². The van der Waals surface area contributed by atoms with Gasteiger partial charge in [0.15, 0.2) is 0 Å². The van der Waals surface area contributed by atoms with E-state index in [9.17, 15) is 9.50 Å². The lowest BCUT2D eigenvalue weighted by Crippen LogP contribution is -2.30. The highest BCUT2D eigenvalue weighted by Crippen LogP contribution is 2.38. The number of anilines is 2. The Hall–Kier alpha value is -0.560. The minimum absolute atomic E-state index is 0.0636. The smallest absolute Gasteiger partial charge is 0.138 e. The van der Waals surface area contributed by atoms with E-state index >= 15 is 0 Å². The number of hydrogen-bond acceptors (Lipinski definition) is 3. The molecule has 2 rings (SSSR count). The van der Waals surface area contributed by atoms with Gasteiger partial charge in [0.2, 0.25) is 0 Å². The zero-order valence-corrected chi connectivity index (χ0v) is 12.3. The normalized spacial score (nSPS) is 17.9. The number of benzene rings is 1. The first-order valence-corrected chi connectivity index (χ1v) is 7.23. The maximum Gasteiger partial charge on any atom is 0.138 e. The Bertz CT molecular complexity index is 433. The summed E-state index contributed by atoms with van der Waals surface area (Å²) in [5.74, 6) is -0.267. The van der Waals surface area contributed by atoms with E-state index in [1.165, 1.54) is 6.07 Å². The molecule has 0 heterocycles. The average molecular weight is 364 g/mol. The second-order valence-electron chi connectivity index (χ2n) is 5.07. The lowest BCUT2D eigenvalue weighted by atomic mass is 9.87.